The number of halogens is 2. The average Bonchev–Trinajstić information content (AvgIpc) is 3.49. The van der Waals surface area contributed by atoms with Gasteiger partial charge in [-0.05, 0) is 13.8 Å². The van der Waals surface area contributed by atoms with Crippen LogP contribution in [-0.2, 0) is 18.0 Å². The average molecular weight is 631 g/mol. The maximum absolute atomic E-state index is 6.32. The van der Waals surface area contributed by atoms with Crippen LogP contribution in [0.4, 0.5) is 0 Å². The van der Waals surface area contributed by atoms with Gasteiger partial charge in [0.1, 0.15) is 0 Å². The molecule has 0 atom stereocenters. The Morgan fingerprint density at radius 3 is 1.26 bits per heavy atom. The van der Waals surface area contributed by atoms with Gasteiger partial charge in [-0.2, -0.15) is 12.1 Å². The van der Waals surface area contributed by atoms with E-state index in [1.54, 1.807) is 0 Å². The number of aryl methyl sites for hydroxylation is 4. The van der Waals surface area contributed by atoms with E-state index in [0.29, 0.717) is 0 Å². The summed E-state index contributed by atoms with van der Waals surface area (Å²) in [4.78, 5) is 0. The van der Waals surface area contributed by atoms with Crippen molar-refractivity contribution in [3.63, 3.8) is 0 Å². The zero-order chi connectivity index (χ0) is 27.1. The van der Waals surface area contributed by atoms with E-state index < -0.39 is 23.4 Å². The Kier molecular flexibility index (Phi) is 10.4. The first-order valence-electron chi connectivity index (χ1n) is 12.7. The van der Waals surface area contributed by atoms with Crippen molar-refractivity contribution in [3.05, 3.63) is 144 Å². The molecule has 0 radical (unpaired) electrons. The van der Waals surface area contributed by atoms with Crippen LogP contribution in [-0.4, -0.2) is 5.43 Å². The van der Waals surface area contributed by atoms with Crippen LogP contribution in [0, 0.1) is 27.7 Å². The molecule has 6 rings (SSSR count). The van der Waals surface area contributed by atoms with E-state index in [9.17, 15) is 0 Å². The van der Waals surface area contributed by atoms with Gasteiger partial charge in [0.25, 0.3) is 0 Å². The predicted octanol–water partition coefficient (Wildman–Crippen LogP) is 9.07. The van der Waals surface area contributed by atoms with E-state index in [-0.39, 0.29) is 0 Å². The first kappa shape index (κ1) is 28.8. The SMILES string of the molecule is Cc1cc2c(C)cccc2[cH-]1.Cc1cc2c(C)cccc2[cH-]1.[Cl][Zr]([Cl])=[Si](c1ccccc1)c1ccccc1. The van der Waals surface area contributed by atoms with Crippen molar-refractivity contribution < 1.29 is 18.0 Å². The van der Waals surface area contributed by atoms with Crippen molar-refractivity contribution in [1.82, 2.24) is 0 Å². The van der Waals surface area contributed by atoms with Gasteiger partial charge in [0.05, 0.1) is 0 Å². The number of hydrogen-bond acceptors (Lipinski definition) is 0. The summed E-state index contributed by atoms with van der Waals surface area (Å²) in [7, 11) is 12.6. The van der Waals surface area contributed by atoms with Gasteiger partial charge in [-0.3, -0.25) is 0 Å². The van der Waals surface area contributed by atoms with Gasteiger partial charge in [0, 0.05) is 0 Å². The Morgan fingerprint density at radius 2 is 0.921 bits per heavy atom. The molecule has 6 aromatic carbocycles. The van der Waals surface area contributed by atoms with Crippen molar-refractivity contribution in [2.24, 2.45) is 0 Å². The molecule has 38 heavy (non-hydrogen) atoms. The van der Waals surface area contributed by atoms with Crippen molar-refractivity contribution >= 4 is 54.4 Å². The molecule has 0 N–H and O–H groups in total. The Hall–Kier alpha value is -2.22. The summed E-state index contributed by atoms with van der Waals surface area (Å²) >= 11 is -2.26. The zero-order valence-electron chi connectivity index (χ0n) is 22.3. The number of fused-ring (bicyclic) bond motifs is 2. The monoisotopic (exact) mass is 628 g/mol. The van der Waals surface area contributed by atoms with Crippen LogP contribution in [0.5, 0.6) is 0 Å². The Bertz CT molecular complexity index is 1540. The number of rotatable bonds is 2. The normalized spacial score (nSPS) is 10.4. The van der Waals surface area contributed by atoms with Crippen LogP contribution in [0.1, 0.15) is 22.3 Å². The first-order valence-corrected chi connectivity index (χ1v) is 24.3. The second-order valence-electron chi connectivity index (χ2n) is 9.59. The molecule has 192 valence electrons. The van der Waals surface area contributed by atoms with Crippen LogP contribution in [0.3, 0.4) is 0 Å². The summed E-state index contributed by atoms with van der Waals surface area (Å²) < 4.78 is 0. The second-order valence-corrected chi connectivity index (χ2v) is 28.8. The number of hydrogen-bond donors (Lipinski definition) is 0. The molecule has 6 aromatic rings. The van der Waals surface area contributed by atoms with Crippen LogP contribution in [0.2, 0.25) is 0 Å². The van der Waals surface area contributed by atoms with Gasteiger partial charge in [0.15, 0.2) is 0 Å². The summed E-state index contributed by atoms with van der Waals surface area (Å²) in [6.07, 6.45) is 0. The van der Waals surface area contributed by atoms with Gasteiger partial charge in [-0.1, -0.05) is 37.1 Å². The molecule has 0 aliphatic carbocycles. The molecular formula is C34H32Cl2SiZr-2. The maximum atomic E-state index is 6.32. The van der Waals surface area contributed by atoms with Crippen molar-refractivity contribution in [1.29, 1.82) is 0 Å². The summed E-state index contributed by atoms with van der Waals surface area (Å²) in [5, 5.41) is 8.18. The molecule has 0 nitrogen and oxygen atoms in total. The third-order valence-corrected chi connectivity index (χ3v) is 22.5. The predicted molar refractivity (Wildman–Crippen MR) is 168 cm³/mol. The van der Waals surface area contributed by atoms with Crippen molar-refractivity contribution in [2.75, 3.05) is 0 Å². The van der Waals surface area contributed by atoms with Crippen molar-refractivity contribution in [2.45, 2.75) is 27.7 Å². The van der Waals surface area contributed by atoms with Crippen LogP contribution in [0.15, 0.2) is 121 Å². The van der Waals surface area contributed by atoms with Gasteiger partial charge in [0.2, 0.25) is 0 Å². The second kappa shape index (κ2) is 13.7. The molecule has 0 saturated carbocycles. The van der Waals surface area contributed by atoms with E-state index in [0.717, 1.165) is 0 Å². The summed E-state index contributed by atoms with van der Waals surface area (Å²) in [5.74, 6) is 0. The molecule has 0 bridgehead atoms. The molecular weight excluding hydrogens is 599 g/mol. The van der Waals surface area contributed by atoms with Gasteiger partial charge in [-0.15, -0.1) is 69.1 Å². The summed E-state index contributed by atoms with van der Waals surface area (Å²) in [5.41, 5.74) is 4.56. The number of benzene rings is 4. The molecule has 0 fully saturated rings. The molecule has 0 aromatic heterocycles. The fourth-order valence-corrected chi connectivity index (χ4v) is 19.9. The molecule has 0 amide bonds. The Labute approximate surface area is 241 Å². The van der Waals surface area contributed by atoms with E-state index in [4.69, 9.17) is 17.0 Å². The van der Waals surface area contributed by atoms with Gasteiger partial charge < -0.3 is 0 Å². The van der Waals surface area contributed by atoms with E-state index >= 15 is 0 Å². The molecule has 0 unspecified atom stereocenters. The van der Waals surface area contributed by atoms with Crippen molar-refractivity contribution in [3.8, 4) is 0 Å². The minimum absolute atomic E-state index is 0.889. The Balaban J connectivity index is 0.000000136. The van der Waals surface area contributed by atoms with E-state index in [1.807, 2.05) is 12.1 Å². The molecule has 0 heterocycles. The molecule has 0 saturated heterocycles. The molecule has 0 spiro atoms. The summed E-state index contributed by atoms with van der Waals surface area (Å²) in [6.45, 7) is 8.59. The Morgan fingerprint density at radius 1 is 0.526 bits per heavy atom. The zero-order valence-corrected chi connectivity index (χ0v) is 27.3. The first-order chi connectivity index (χ1) is 18.3. The van der Waals surface area contributed by atoms with Gasteiger partial charge in [-0.25, -0.2) is 0 Å². The standard InChI is InChI=1S/C12H10Si.2C11H11.2ClH.Zr/c1-3-7-11(8-4-1)13-12-9-5-2-6-10-12;2*1-8-6-10-5-3-4-9(2)11(10)7-8;;;/h1-10H;2*3-7H,1-2H3;2*1H;/q;2*-1;;;+2/p-2. The van der Waals surface area contributed by atoms with E-state index in [2.05, 4.69) is 137 Å². The quantitative estimate of drug-likeness (QED) is 0.132. The fraction of sp³-hybridized carbons (Fsp3) is 0.118. The summed E-state index contributed by atoms with van der Waals surface area (Å²) in [6, 6.07) is 42.6. The fourth-order valence-electron chi connectivity index (χ4n) is 4.68. The molecule has 0 aliphatic rings. The van der Waals surface area contributed by atoms with Crippen LogP contribution in [0.25, 0.3) is 21.5 Å². The van der Waals surface area contributed by atoms with Gasteiger partial charge >= 0.3 is 111 Å². The third kappa shape index (κ3) is 7.45. The minimum atomic E-state index is -2.26. The topological polar surface area (TPSA) is 0 Å². The van der Waals surface area contributed by atoms with Crippen LogP contribution < -0.4 is 10.4 Å². The molecule has 4 heteroatoms. The van der Waals surface area contributed by atoms with E-state index in [1.165, 1.54) is 54.2 Å². The molecule has 0 aliphatic heterocycles. The van der Waals surface area contributed by atoms with Crippen LogP contribution >= 0.6 is 17.0 Å². The third-order valence-electron chi connectivity index (χ3n) is 6.54.